The summed E-state index contributed by atoms with van der Waals surface area (Å²) in [5, 5.41) is 13.2. The summed E-state index contributed by atoms with van der Waals surface area (Å²) in [7, 11) is 1.60. The number of aromatic nitrogens is 1. The Bertz CT molecular complexity index is 1150. The molecule has 2 N–H and O–H groups in total. The maximum absolute atomic E-state index is 12.6. The molecule has 2 heterocycles. The van der Waals surface area contributed by atoms with Gasteiger partial charge in [0.05, 0.1) is 19.8 Å². The molecule has 2 atom stereocenters. The molecule has 0 saturated carbocycles. The molecule has 0 bridgehead atoms. The van der Waals surface area contributed by atoms with Crippen molar-refractivity contribution in [1.29, 1.82) is 0 Å². The van der Waals surface area contributed by atoms with Gasteiger partial charge in [-0.05, 0) is 47.5 Å². The molecule has 1 aliphatic rings. The van der Waals surface area contributed by atoms with Gasteiger partial charge in [0.15, 0.2) is 0 Å². The van der Waals surface area contributed by atoms with Crippen LogP contribution in [0.1, 0.15) is 27.6 Å². The van der Waals surface area contributed by atoms with Crippen LogP contribution in [0.3, 0.4) is 0 Å². The van der Waals surface area contributed by atoms with Crippen LogP contribution in [-0.2, 0) is 16.1 Å². The van der Waals surface area contributed by atoms with Crippen molar-refractivity contribution in [3.63, 3.8) is 0 Å². The molecule has 2 aromatic carbocycles. The zero-order chi connectivity index (χ0) is 24.1. The highest BCUT2D eigenvalue weighted by atomic mass is 35.5. The van der Waals surface area contributed by atoms with Crippen LogP contribution in [0.15, 0.2) is 66.9 Å². The summed E-state index contributed by atoms with van der Waals surface area (Å²) in [5.74, 6) is 0.231. The number of methoxy groups -OCH3 is 1. The van der Waals surface area contributed by atoms with Gasteiger partial charge in [-0.1, -0.05) is 35.9 Å². The number of aliphatic hydroxyl groups is 1. The SMILES string of the molecule is COc1ccc(CN2C(=O)CO[C@H](c3ccc(NC(=O)c4ccnc(Cl)c4)cc3)[C@H]2CO)cc1. The molecule has 1 aliphatic heterocycles. The summed E-state index contributed by atoms with van der Waals surface area (Å²) < 4.78 is 11.0. The number of anilines is 1. The topological polar surface area (TPSA) is 101 Å². The summed E-state index contributed by atoms with van der Waals surface area (Å²) in [6.07, 6.45) is 0.958. The summed E-state index contributed by atoms with van der Waals surface area (Å²) >= 11 is 5.85. The Hall–Kier alpha value is -3.46. The van der Waals surface area contributed by atoms with Crippen LogP contribution in [0, 0.1) is 0 Å². The minimum Gasteiger partial charge on any atom is -0.497 e. The normalized spacial score (nSPS) is 18.0. The highest BCUT2D eigenvalue weighted by Crippen LogP contribution is 2.31. The number of pyridine rings is 1. The van der Waals surface area contributed by atoms with Gasteiger partial charge in [0.1, 0.15) is 23.6 Å². The van der Waals surface area contributed by atoms with Gasteiger partial charge in [-0.2, -0.15) is 0 Å². The van der Waals surface area contributed by atoms with Crippen LogP contribution in [-0.4, -0.2) is 53.2 Å². The lowest BCUT2D eigenvalue weighted by atomic mass is 9.98. The highest BCUT2D eigenvalue weighted by Gasteiger charge is 2.37. The van der Waals surface area contributed by atoms with E-state index in [2.05, 4.69) is 10.3 Å². The number of aliphatic hydroxyl groups excluding tert-OH is 1. The number of carbonyl (C=O) groups excluding carboxylic acids is 2. The molecule has 176 valence electrons. The number of ether oxygens (including phenoxy) is 2. The van der Waals surface area contributed by atoms with E-state index in [0.29, 0.717) is 17.8 Å². The second-order valence-electron chi connectivity index (χ2n) is 7.79. The molecule has 2 amide bonds. The molecule has 1 aromatic heterocycles. The number of hydrogen-bond donors (Lipinski definition) is 2. The maximum atomic E-state index is 12.6. The van der Waals surface area contributed by atoms with Crippen LogP contribution < -0.4 is 10.1 Å². The number of carbonyl (C=O) groups is 2. The standard InChI is InChI=1S/C25H24ClN3O5/c1-33-20-8-2-16(3-9-20)13-29-21(14-30)24(34-15-23(29)31)17-4-6-19(7-5-17)28-25(32)18-10-11-27-22(26)12-18/h2-12,21,24,30H,13-15H2,1H3,(H,28,32)/t21-,24-/m1/s1. The third kappa shape index (κ3) is 5.36. The van der Waals surface area contributed by atoms with E-state index in [-0.39, 0.29) is 30.2 Å². The van der Waals surface area contributed by atoms with Crippen molar-refractivity contribution in [2.45, 2.75) is 18.7 Å². The van der Waals surface area contributed by atoms with Crippen molar-refractivity contribution in [3.05, 3.63) is 88.7 Å². The van der Waals surface area contributed by atoms with E-state index in [1.54, 1.807) is 30.2 Å². The summed E-state index contributed by atoms with van der Waals surface area (Å²) in [5.41, 5.74) is 2.69. The van der Waals surface area contributed by atoms with Gasteiger partial charge in [0, 0.05) is 24.0 Å². The van der Waals surface area contributed by atoms with Gasteiger partial charge >= 0.3 is 0 Å². The minimum atomic E-state index is -0.553. The maximum Gasteiger partial charge on any atom is 0.255 e. The average Bonchev–Trinajstić information content (AvgIpc) is 2.86. The van der Waals surface area contributed by atoms with Gasteiger partial charge in [-0.25, -0.2) is 4.98 Å². The number of amides is 2. The number of nitrogens with zero attached hydrogens (tertiary/aromatic N) is 2. The van der Waals surface area contributed by atoms with E-state index in [9.17, 15) is 14.7 Å². The Morgan fingerprint density at radius 1 is 1.21 bits per heavy atom. The van der Waals surface area contributed by atoms with Gasteiger partial charge in [0.25, 0.3) is 5.91 Å². The molecule has 0 spiro atoms. The average molecular weight is 482 g/mol. The van der Waals surface area contributed by atoms with Crippen molar-refractivity contribution >= 4 is 29.1 Å². The first-order valence-corrected chi connectivity index (χ1v) is 11.0. The van der Waals surface area contributed by atoms with Crippen molar-refractivity contribution in [3.8, 4) is 5.75 Å². The molecule has 0 radical (unpaired) electrons. The predicted molar refractivity (Wildman–Crippen MR) is 127 cm³/mol. The number of benzene rings is 2. The smallest absolute Gasteiger partial charge is 0.255 e. The first kappa shape index (κ1) is 23.7. The van der Waals surface area contributed by atoms with Gasteiger partial charge < -0.3 is 24.8 Å². The van der Waals surface area contributed by atoms with Crippen LogP contribution in [0.4, 0.5) is 5.69 Å². The van der Waals surface area contributed by atoms with E-state index >= 15 is 0 Å². The Morgan fingerprint density at radius 3 is 2.59 bits per heavy atom. The van der Waals surface area contributed by atoms with E-state index in [1.807, 2.05) is 36.4 Å². The molecule has 8 nitrogen and oxygen atoms in total. The third-order valence-corrected chi connectivity index (χ3v) is 5.85. The van der Waals surface area contributed by atoms with E-state index in [0.717, 1.165) is 16.9 Å². The van der Waals surface area contributed by atoms with E-state index in [1.165, 1.54) is 12.3 Å². The van der Waals surface area contributed by atoms with Crippen molar-refractivity contribution in [2.24, 2.45) is 0 Å². The Labute approximate surface area is 202 Å². The second kappa shape index (κ2) is 10.6. The Kier molecular flexibility index (Phi) is 7.42. The second-order valence-corrected chi connectivity index (χ2v) is 8.18. The van der Waals surface area contributed by atoms with Crippen LogP contribution in [0.25, 0.3) is 0 Å². The fourth-order valence-corrected chi connectivity index (χ4v) is 4.03. The number of nitrogens with one attached hydrogen (secondary N) is 1. The van der Waals surface area contributed by atoms with Gasteiger partial charge in [0.2, 0.25) is 5.91 Å². The molecule has 34 heavy (non-hydrogen) atoms. The summed E-state index contributed by atoms with van der Waals surface area (Å²) in [6, 6.07) is 17.1. The van der Waals surface area contributed by atoms with Crippen LogP contribution in [0.5, 0.6) is 5.75 Å². The first-order valence-electron chi connectivity index (χ1n) is 10.7. The molecule has 4 rings (SSSR count). The molecule has 0 unspecified atom stereocenters. The molecular weight excluding hydrogens is 458 g/mol. The predicted octanol–water partition coefficient (Wildman–Crippen LogP) is 3.46. The van der Waals surface area contributed by atoms with Crippen molar-refractivity contribution in [2.75, 3.05) is 25.6 Å². The highest BCUT2D eigenvalue weighted by molar-refractivity contribution is 6.29. The van der Waals surface area contributed by atoms with Gasteiger partial charge in [-0.3, -0.25) is 9.59 Å². The molecule has 3 aromatic rings. The molecular formula is C25H24ClN3O5. The summed E-state index contributed by atoms with van der Waals surface area (Å²) in [4.78, 5) is 30.6. The quantitative estimate of drug-likeness (QED) is 0.501. The lowest BCUT2D eigenvalue weighted by Gasteiger charge is -2.40. The lowest BCUT2D eigenvalue weighted by molar-refractivity contribution is -0.162. The van der Waals surface area contributed by atoms with Crippen molar-refractivity contribution in [1.82, 2.24) is 9.88 Å². The number of morpholine rings is 1. The van der Waals surface area contributed by atoms with E-state index in [4.69, 9.17) is 21.1 Å². The third-order valence-electron chi connectivity index (χ3n) is 5.64. The Morgan fingerprint density at radius 2 is 1.94 bits per heavy atom. The fraction of sp³-hybridized carbons (Fsp3) is 0.240. The van der Waals surface area contributed by atoms with Crippen molar-refractivity contribution < 1.29 is 24.2 Å². The molecule has 1 saturated heterocycles. The number of rotatable bonds is 7. The van der Waals surface area contributed by atoms with Crippen LogP contribution >= 0.6 is 11.6 Å². The number of hydrogen-bond acceptors (Lipinski definition) is 6. The first-order chi connectivity index (χ1) is 16.5. The molecule has 0 aliphatic carbocycles. The Balaban J connectivity index is 1.47. The number of halogens is 1. The fourth-order valence-electron chi connectivity index (χ4n) is 3.85. The van der Waals surface area contributed by atoms with Crippen LogP contribution in [0.2, 0.25) is 5.15 Å². The summed E-state index contributed by atoms with van der Waals surface area (Å²) in [6.45, 7) is 0.00299. The zero-order valence-electron chi connectivity index (χ0n) is 18.5. The largest absolute Gasteiger partial charge is 0.497 e. The zero-order valence-corrected chi connectivity index (χ0v) is 19.2. The van der Waals surface area contributed by atoms with E-state index < -0.39 is 12.1 Å². The monoisotopic (exact) mass is 481 g/mol. The minimum absolute atomic E-state index is 0.0847. The lowest BCUT2D eigenvalue weighted by Crippen LogP contribution is -2.52. The van der Waals surface area contributed by atoms with Gasteiger partial charge in [-0.15, -0.1) is 0 Å². The molecule has 1 fully saturated rings. The molecule has 9 heteroatoms.